The van der Waals surface area contributed by atoms with E-state index in [9.17, 15) is 18.0 Å². The molecule has 0 aliphatic carbocycles. The van der Waals surface area contributed by atoms with Crippen LogP contribution in [0.15, 0.2) is 48.5 Å². The maximum absolute atomic E-state index is 13.8. The van der Waals surface area contributed by atoms with Gasteiger partial charge in [0.15, 0.2) is 28.5 Å². The Labute approximate surface area is 189 Å². The third kappa shape index (κ3) is 3.93. The highest BCUT2D eigenvalue weighted by Gasteiger charge is 2.36. The minimum Gasteiger partial charge on any atom is -0.454 e. The highest BCUT2D eigenvalue weighted by atomic mass is 35.5. The summed E-state index contributed by atoms with van der Waals surface area (Å²) >= 11 is 6.07. The number of alkyl halides is 3. The predicted molar refractivity (Wildman–Crippen MR) is 114 cm³/mol. The molecule has 0 fully saturated rings. The number of anilines is 1. The molecule has 33 heavy (non-hydrogen) atoms. The van der Waals surface area contributed by atoms with E-state index in [0.29, 0.717) is 32.3 Å². The van der Waals surface area contributed by atoms with Crippen molar-refractivity contribution in [3.63, 3.8) is 0 Å². The number of carbonyl (C=O) groups excluding carboxylic acids is 1. The molecule has 1 amide bonds. The van der Waals surface area contributed by atoms with Crippen molar-refractivity contribution >= 4 is 28.8 Å². The second-order valence-electron chi connectivity index (χ2n) is 7.31. The molecule has 4 aromatic rings. The van der Waals surface area contributed by atoms with E-state index < -0.39 is 17.8 Å². The summed E-state index contributed by atoms with van der Waals surface area (Å²) in [5, 5.41) is 6.88. The van der Waals surface area contributed by atoms with Crippen molar-refractivity contribution in [2.45, 2.75) is 13.1 Å². The van der Waals surface area contributed by atoms with Crippen molar-refractivity contribution in [1.82, 2.24) is 14.6 Å². The first-order valence-corrected chi connectivity index (χ1v) is 10.0. The minimum absolute atomic E-state index is 0.0341. The number of fused-ring (bicyclic) bond motifs is 2. The smallest absolute Gasteiger partial charge is 0.433 e. The SMILES string of the molecule is Cc1ccc(NC(=O)c2cc3nc(-c4ccc5c(c4)OCO5)cc(C(F)(F)F)n3n2)cc1Cl. The quantitative estimate of drug-likeness (QED) is 0.432. The predicted octanol–water partition coefficient (Wildman–Crippen LogP) is 5.36. The summed E-state index contributed by atoms with van der Waals surface area (Å²) in [6, 6.07) is 11.7. The number of aryl methyl sites for hydroxylation is 1. The van der Waals surface area contributed by atoms with Crippen LogP contribution in [0, 0.1) is 6.92 Å². The van der Waals surface area contributed by atoms with Crippen molar-refractivity contribution in [3.8, 4) is 22.8 Å². The fourth-order valence-electron chi connectivity index (χ4n) is 3.36. The molecule has 168 valence electrons. The topological polar surface area (TPSA) is 77.8 Å². The van der Waals surface area contributed by atoms with Crippen LogP contribution in [-0.4, -0.2) is 27.3 Å². The molecular weight excluding hydrogens is 461 g/mol. The number of nitrogens with zero attached hydrogens (tertiary/aromatic N) is 3. The molecule has 0 saturated heterocycles. The second kappa shape index (κ2) is 7.66. The monoisotopic (exact) mass is 474 g/mol. The fraction of sp³-hybridized carbons (Fsp3) is 0.136. The zero-order chi connectivity index (χ0) is 23.3. The van der Waals surface area contributed by atoms with Gasteiger partial charge in [-0.2, -0.15) is 18.3 Å². The Morgan fingerprint density at radius 2 is 1.88 bits per heavy atom. The van der Waals surface area contributed by atoms with Crippen LogP contribution in [0.25, 0.3) is 16.9 Å². The van der Waals surface area contributed by atoms with E-state index in [2.05, 4.69) is 15.4 Å². The third-order valence-corrected chi connectivity index (χ3v) is 5.46. The summed E-state index contributed by atoms with van der Waals surface area (Å²) in [4.78, 5) is 16.9. The molecule has 0 radical (unpaired) electrons. The molecule has 0 atom stereocenters. The van der Waals surface area contributed by atoms with Crippen molar-refractivity contribution in [2.24, 2.45) is 0 Å². The lowest BCUT2D eigenvalue weighted by atomic mass is 10.1. The Hall–Kier alpha value is -3.79. The first-order chi connectivity index (χ1) is 15.7. The van der Waals surface area contributed by atoms with Gasteiger partial charge in [-0.05, 0) is 48.9 Å². The molecule has 1 N–H and O–H groups in total. The number of aromatic nitrogens is 3. The van der Waals surface area contributed by atoms with Gasteiger partial charge in [0.25, 0.3) is 5.91 Å². The van der Waals surface area contributed by atoms with E-state index in [4.69, 9.17) is 21.1 Å². The zero-order valence-corrected chi connectivity index (χ0v) is 17.7. The number of hydrogen-bond acceptors (Lipinski definition) is 5. The van der Waals surface area contributed by atoms with Gasteiger partial charge in [0.2, 0.25) is 6.79 Å². The van der Waals surface area contributed by atoms with Gasteiger partial charge >= 0.3 is 6.18 Å². The molecule has 2 aromatic carbocycles. The van der Waals surface area contributed by atoms with Crippen LogP contribution < -0.4 is 14.8 Å². The lowest BCUT2D eigenvalue weighted by Gasteiger charge is -2.11. The van der Waals surface area contributed by atoms with Crippen LogP contribution in [0.2, 0.25) is 5.02 Å². The van der Waals surface area contributed by atoms with Crippen LogP contribution >= 0.6 is 11.6 Å². The first kappa shape index (κ1) is 21.1. The third-order valence-electron chi connectivity index (χ3n) is 5.05. The summed E-state index contributed by atoms with van der Waals surface area (Å²) in [7, 11) is 0. The molecule has 1 aliphatic rings. The lowest BCUT2D eigenvalue weighted by Crippen LogP contribution is -2.15. The summed E-state index contributed by atoms with van der Waals surface area (Å²) in [5.74, 6) is 0.210. The van der Waals surface area contributed by atoms with E-state index in [1.54, 1.807) is 43.3 Å². The van der Waals surface area contributed by atoms with E-state index in [1.807, 2.05) is 0 Å². The summed E-state index contributed by atoms with van der Waals surface area (Å²) < 4.78 is 52.6. The standard InChI is InChI=1S/C22H14ClF3N4O3/c1-11-2-4-13(7-14(11)23)27-21(31)16-9-20-28-15(8-19(22(24,25)26)30(20)29-16)12-3-5-17-18(6-12)33-10-32-17/h2-9H,10H2,1H3,(H,27,31). The number of ether oxygens (including phenoxy) is 2. The van der Waals surface area contributed by atoms with E-state index in [0.717, 1.165) is 11.6 Å². The molecule has 1 aliphatic heterocycles. The number of amides is 1. The first-order valence-electron chi connectivity index (χ1n) is 9.64. The molecule has 11 heteroatoms. The Balaban J connectivity index is 1.56. The van der Waals surface area contributed by atoms with Crippen LogP contribution in [0.5, 0.6) is 11.5 Å². The number of benzene rings is 2. The molecule has 0 saturated carbocycles. The van der Waals surface area contributed by atoms with Gasteiger partial charge in [-0.15, -0.1) is 0 Å². The van der Waals surface area contributed by atoms with E-state index in [1.165, 1.54) is 6.07 Å². The van der Waals surface area contributed by atoms with Crippen molar-refractivity contribution in [2.75, 3.05) is 12.1 Å². The largest absolute Gasteiger partial charge is 0.454 e. The van der Waals surface area contributed by atoms with Gasteiger partial charge in [0.05, 0.1) is 5.69 Å². The van der Waals surface area contributed by atoms with Gasteiger partial charge in [0.1, 0.15) is 0 Å². The highest BCUT2D eigenvalue weighted by Crippen LogP contribution is 2.37. The molecule has 0 bridgehead atoms. The van der Waals surface area contributed by atoms with Crippen LogP contribution in [0.1, 0.15) is 21.7 Å². The van der Waals surface area contributed by atoms with Gasteiger partial charge in [-0.1, -0.05) is 17.7 Å². The number of nitrogens with one attached hydrogen (secondary N) is 1. The van der Waals surface area contributed by atoms with Gasteiger partial charge < -0.3 is 14.8 Å². The van der Waals surface area contributed by atoms with Crippen LogP contribution in [-0.2, 0) is 6.18 Å². The highest BCUT2D eigenvalue weighted by molar-refractivity contribution is 6.31. The summed E-state index contributed by atoms with van der Waals surface area (Å²) in [6.45, 7) is 1.84. The Kier molecular flexibility index (Phi) is 4.89. The molecule has 2 aromatic heterocycles. The maximum Gasteiger partial charge on any atom is 0.433 e. The lowest BCUT2D eigenvalue weighted by molar-refractivity contribution is -0.142. The summed E-state index contributed by atoms with van der Waals surface area (Å²) in [6.07, 6.45) is -4.74. The zero-order valence-electron chi connectivity index (χ0n) is 16.9. The minimum atomic E-state index is -4.74. The number of hydrogen-bond donors (Lipinski definition) is 1. The Morgan fingerprint density at radius 3 is 2.64 bits per heavy atom. The van der Waals surface area contributed by atoms with Gasteiger partial charge in [-0.25, -0.2) is 9.50 Å². The molecular formula is C22H14ClF3N4O3. The number of rotatable bonds is 3. The number of halogens is 4. The molecule has 5 rings (SSSR count). The molecule has 3 heterocycles. The van der Waals surface area contributed by atoms with E-state index in [-0.39, 0.29) is 23.8 Å². The second-order valence-corrected chi connectivity index (χ2v) is 7.72. The Morgan fingerprint density at radius 1 is 1.09 bits per heavy atom. The average molecular weight is 475 g/mol. The van der Waals surface area contributed by atoms with Gasteiger partial charge in [0, 0.05) is 22.3 Å². The fourth-order valence-corrected chi connectivity index (χ4v) is 3.54. The number of carbonyl (C=O) groups is 1. The summed E-state index contributed by atoms with van der Waals surface area (Å²) in [5.41, 5.74) is 0.212. The van der Waals surface area contributed by atoms with Crippen molar-refractivity contribution in [1.29, 1.82) is 0 Å². The van der Waals surface area contributed by atoms with Crippen molar-refractivity contribution in [3.05, 3.63) is 70.5 Å². The molecule has 0 unspecified atom stereocenters. The molecule has 7 nitrogen and oxygen atoms in total. The van der Waals surface area contributed by atoms with Crippen molar-refractivity contribution < 1.29 is 27.4 Å². The van der Waals surface area contributed by atoms with E-state index >= 15 is 0 Å². The molecule has 0 spiro atoms. The average Bonchev–Trinajstić information content (AvgIpc) is 3.41. The Bertz CT molecular complexity index is 1420. The normalized spacial score (nSPS) is 12.9. The van der Waals surface area contributed by atoms with Gasteiger partial charge in [-0.3, -0.25) is 4.79 Å². The van der Waals surface area contributed by atoms with Crippen LogP contribution in [0.4, 0.5) is 18.9 Å². The maximum atomic E-state index is 13.8. The van der Waals surface area contributed by atoms with Crippen LogP contribution in [0.3, 0.4) is 0 Å².